The number of anilines is 1. The van der Waals surface area contributed by atoms with Crippen LogP contribution in [0.2, 0.25) is 0 Å². The van der Waals surface area contributed by atoms with E-state index in [1.54, 1.807) is 66.9 Å². The van der Waals surface area contributed by atoms with Crippen molar-refractivity contribution in [1.29, 1.82) is 0 Å². The minimum absolute atomic E-state index is 0.00364. The molecule has 0 saturated carbocycles. The lowest BCUT2D eigenvalue weighted by Gasteiger charge is -2.23. The Morgan fingerprint density at radius 1 is 0.750 bits per heavy atom. The molecule has 1 aliphatic rings. The lowest BCUT2D eigenvalue weighted by molar-refractivity contribution is -0.139. The van der Waals surface area contributed by atoms with E-state index in [-0.39, 0.29) is 11.3 Å². The second-order valence-corrected chi connectivity index (χ2v) is 6.43. The largest absolute Gasteiger partial charge is 0.465 e. The van der Waals surface area contributed by atoms with Gasteiger partial charge in [-0.3, -0.25) is 0 Å². The molecule has 0 amide bonds. The molecule has 0 radical (unpaired) electrons. The molecule has 0 fully saturated rings. The maximum absolute atomic E-state index is 12.6. The van der Waals surface area contributed by atoms with E-state index in [1.165, 1.54) is 32.3 Å². The molecule has 0 spiro atoms. The minimum Gasteiger partial charge on any atom is -0.465 e. The predicted molar refractivity (Wildman–Crippen MR) is 116 cm³/mol. The van der Waals surface area contributed by atoms with Crippen LogP contribution in [0.3, 0.4) is 0 Å². The van der Waals surface area contributed by atoms with Crippen LogP contribution in [-0.2, 0) is 23.8 Å². The van der Waals surface area contributed by atoms with Gasteiger partial charge in [0.15, 0.2) is 0 Å². The third-order valence-corrected chi connectivity index (χ3v) is 4.50. The molecule has 2 aromatic rings. The van der Waals surface area contributed by atoms with Crippen molar-refractivity contribution in [2.24, 2.45) is 0 Å². The molecule has 8 heteroatoms. The van der Waals surface area contributed by atoms with Gasteiger partial charge in [0.05, 0.1) is 32.5 Å². The smallest absolute Gasteiger partial charge is 0.355 e. The lowest BCUT2D eigenvalue weighted by Crippen LogP contribution is -2.26. The highest BCUT2D eigenvalue weighted by molar-refractivity contribution is 6.05. The van der Waals surface area contributed by atoms with E-state index >= 15 is 0 Å². The third kappa shape index (κ3) is 4.86. The van der Waals surface area contributed by atoms with E-state index in [1.807, 2.05) is 0 Å². The van der Waals surface area contributed by atoms with E-state index in [9.17, 15) is 14.4 Å². The Labute approximate surface area is 184 Å². The van der Waals surface area contributed by atoms with Crippen LogP contribution in [0.1, 0.15) is 10.4 Å². The third-order valence-electron chi connectivity index (χ3n) is 4.50. The van der Waals surface area contributed by atoms with Crippen LogP contribution in [0.5, 0.6) is 11.5 Å². The minimum atomic E-state index is -0.702. The number of nitrogens with zero attached hydrogens (tertiary/aromatic N) is 1. The summed E-state index contributed by atoms with van der Waals surface area (Å²) in [5, 5.41) is 0. The Bertz CT molecular complexity index is 1110. The Kier molecular flexibility index (Phi) is 7.07. The standard InChI is InChI=1S/C24H21NO7/c1-29-22(26)16-10-12-18(13-11-16)32-19-8-6-7-17(15-19)25-14-5-4-9-20(23(27)30-2)21(25)24(28)31-3/h4-15H,1-3H3. The number of ether oxygens (including phenoxy) is 4. The van der Waals surface area contributed by atoms with Gasteiger partial charge in [-0.05, 0) is 48.6 Å². The number of benzene rings is 2. The number of carbonyl (C=O) groups is 3. The summed E-state index contributed by atoms with van der Waals surface area (Å²) in [4.78, 5) is 37.9. The lowest BCUT2D eigenvalue weighted by atomic mass is 10.1. The molecular weight excluding hydrogens is 414 g/mol. The van der Waals surface area contributed by atoms with Crippen LogP contribution < -0.4 is 9.64 Å². The molecular formula is C24H21NO7. The van der Waals surface area contributed by atoms with Gasteiger partial charge >= 0.3 is 17.9 Å². The SMILES string of the molecule is COC(=O)C1=C(C(=O)OC)N(c2cccc(Oc3ccc(C(=O)OC)cc3)c2)C=CC=C1. The molecule has 0 atom stereocenters. The van der Waals surface area contributed by atoms with Crippen LogP contribution in [0, 0.1) is 0 Å². The van der Waals surface area contributed by atoms with Gasteiger partial charge in [0.2, 0.25) is 0 Å². The average Bonchev–Trinajstić information content (AvgIpc) is 3.06. The number of methoxy groups -OCH3 is 3. The van der Waals surface area contributed by atoms with E-state index < -0.39 is 17.9 Å². The van der Waals surface area contributed by atoms with Gasteiger partial charge in [0.25, 0.3) is 0 Å². The van der Waals surface area contributed by atoms with Crippen LogP contribution in [0.25, 0.3) is 0 Å². The summed E-state index contributed by atoms with van der Waals surface area (Å²) in [6.07, 6.45) is 6.41. The number of allylic oxidation sites excluding steroid dienone is 2. The number of rotatable bonds is 6. The van der Waals surface area contributed by atoms with Crippen molar-refractivity contribution < 1.29 is 33.3 Å². The molecule has 164 valence electrons. The van der Waals surface area contributed by atoms with Gasteiger partial charge in [-0.1, -0.05) is 12.1 Å². The monoisotopic (exact) mass is 435 g/mol. The molecule has 0 aromatic heterocycles. The molecule has 8 nitrogen and oxygen atoms in total. The zero-order chi connectivity index (χ0) is 23.1. The molecule has 0 unspecified atom stereocenters. The Morgan fingerprint density at radius 3 is 2.09 bits per heavy atom. The van der Waals surface area contributed by atoms with E-state index in [0.29, 0.717) is 22.7 Å². The number of carbonyl (C=O) groups excluding carboxylic acids is 3. The number of hydrogen-bond acceptors (Lipinski definition) is 8. The van der Waals surface area contributed by atoms with Crippen molar-refractivity contribution in [2.75, 3.05) is 26.2 Å². The van der Waals surface area contributed by atoms with E-state index in [2.05, 4.69) is 4.74 Å². The maximum atomic E-state index is 12.6. The summed E-state index contributed by atoms with van der Waals surface area (Å²) in [6, 6.07) is 13.4. The van der Waals surface area contributed by atoms with Crippen LogP contribution >= 0.6 is 0 Å². The first-order valence-corrected chi connectivity index (χ1v) is 9.49. The normalized spacial score (nSPS) is 12.8. The Hall–Kier alpha value is -4.33. The van der Waals surface area contributed by atoms with Crippen molar-refractivity contribution >= 4 is 23.6 Å². The summed E-state index contributed by atoms with van der Waals surface area (Å²) in [7, 11) is 3.78. The second-order valence-electron chi connectivity index (χ2n) is 6.43. The highest BCUT2D eigenvalue weighted by atomic mass is 16.5. The summed E-state index contributed by atoms with van der Waals surface area (Å²) >= 11 is 0. The summed E-state index contributed by atoms with van der Waals surface area (Å²) in [5.41, 5.74) is 1.01. The first-order chi connectivity index (χ1) is 15.5. The van der Waals surface area contributed by atoms with Crippen LogP contribution in [-0.4, -0.2) is 39.2 Å². The van der Waals surface area contributed by atoms with E-state index in [0.717, 1.165) is 0 Å². The van der Waals surface area contributed by atoms with Gasteiger partial charge in [-0.15, -0.1) is 0 Å². The topological polar surface area (TPSA) is 91.4 Å². The average molecular weight is 435 g/mol. The fourth-order valence-corrected chi connectivity index (χ4v) is 2.98. The summed E-state index contributed by atoms with van der Waals surface area (Å²) < 4.78 is 20.3. The highest BCUT2D eigenvalue weighted by Crippen LogP contribution is 2.31. The fourth-order valence-electron chi connectivity index (χ4n) is 2.98. The second kappa shape index (κ2) is 10.1. The maximum Gasteiger partial charge on any atom is 0.355 e. The number of hydrogen-bond donors (Lipinski definition) is 0. The molecule has 0 saturated heterocycles. The van der Waals surface area contributed by atoms with Crippen LogP contribution in [0.4, 0.5) is 5.69 Å². The van der Waals surface area contributed by atoms with Crippen molar-refractivity contribution in [3.05, 3.63) is 89.8 Å². The molecule has 1 heterocycles. The first-order valence-electron chi connectivity index (χ1n) is 9.49. The van der Waals surface area contributed by atoms with Crippen molar-refractivity contribution in [3.63, 3.8) is 0 Å². The van der Waals surface area contributed by atoms with Crippen molar-refractivity contribution in [1.82, 2.24) is 0 Å². The van der Waals surface area contributed by atoms with E-state index in [4.69, 9.17) is 14.2 Å². The van der Waals surface area contributed by atoms with Crippen LogP contribution in [0.15, 0.2) is 84.2 Å². The van der Waals surface area contributed by atoms with Gasteiger partial charge < -0.3 is 23.8 Å². The Morgan fingerprint density at radius 2 is 1.44 bits per heavy atom. The molecule has 0 aliphatic carbocycles. The zero-order valence-corrected chi connectivity index (χ0v) is 17.7. The molecule has 2 aromatic carbocycles. The summed E-state index contributed by atoms with van der Waals surface area (Å²) in [6.45, 7) is 0. The first kappa shape index (κ1) is 22.4. The molecule has 0 bridgehead atoms. The number of esters is 3. The van der Waals surface area contributed by atoms with Crippen molar-refractivity contribution in [2.45, 2.75) is 0 Å². The van der Waals surface area contributed by atoms with Crippen molar-refractivity contribution in [3.8, 4) is 11.5 Å². The zero-order valence-electron chi connectivity index (χ0n) is 17.7. The van der Waals surface area contributed by atoms with Gasteiger partial charge in [0, 0.05) is 18.0 Å². The quantitative estimate of drug-likeness (QED) is 0.500. The fraction of sp³-hybridized carbons (Fsp3) is 0.125. The molecule has 3 rings (SSSR count). The predicted octanol–water partition coefficient (Wildman–Crippen LogP) is 3.76. The van der Waals surface area contributed by atoms with Gasteiger partial charge in [-0.25, -0.2) is 14.4 Å². The molecule has 1 aliphatic heterocycles. The molecule has 0 N–H and O–H groups in total. The molecule has 32 heavy (non-hydrogen) atoms. The highest BCUT2D eigenvalue weighted by Gasteiger charge is 2.27. The van der Waals surface area contributed by atoms with Gasteiger partial charge in [0.1, 0.15) is 17.2 Å². The summed E-state index contributed by atoms with van der Waals surface area (Å²) in [5.74, 6) is -0.840. The Balaban J connectivity index is 1.95. The van der Waals surface area contributed by atoms with Gasteiger partial charge in [-0.2, -0.15) is 0 Å².